The molecule has 2 heterocycles. The Kier molecular flexibility index (Phi) is 5.75. The first kappa shape index (κ1) is 17.9. The van der Waals surface area contributed by atoms with Gasteiger partial charge in [0.05, 0.1) is 10.7 Å². The summed E-state index contributed by atoms with van der Waals surface area (Å²) in [6.07, 6.45) is 2.24. The molecule has 25 heavy (non-hydrogen) atoms. The number of carboxylic acids is 1. The Labute approximate surface area is 155 Å². The number of thioether (sulfide) groups is 1. The standard InChI is InChI=1S/C18H20N2O3S2/c1-12-19-14(10-24-12)11-25-15-7-5-13(6-8-15)17(21)20-9-3-2-4-16(20)18(22)23/h5-8,10,16H,2-4,9,11H2,1H3,(H,22,23)/t16-/m1/s1. The molecule has 1 N–H and O–H groups in total. The van der Waals surface area contributed by atoms with Crippen molar-refractivity contribution < 1.29 is 14.7 Å². The van der Waals surface area contributed by atoms with Gasteiger partial charge in [-0.05, 0) is 50.5 Å². The van der Waals surface area contributed by atoms with Crippen molar-refractivity contribution in [1.29, 1.82) is 0 Å². The van der Waals surface area contributed by atoms with E-state index in [0.717, 1.165) is 34.2 Å². The smallest absolute Gasteiger partial charge is 0.326 e. The number of carboxylic acid groups (broad SMARTS) is 1. The highest BCUT2D eigenvalue weighted by molar-refractivity contribution is 7.98. The summed E-state index contributed by atoms with van der Waals surface area (Å²) in [6, 6.07) is 6.69. The predicted octanol–water partition coefficient (Wildman–Crippen LogP) is 3.82. The van der Waals surface area contributed by atoms with Crippen LogP contribution in [0.25, 0.3) is 0 Å². The topological polar surface area (TPSA) is 70.5 Å². The van der Waals surface area contributed by atoms with Crippen molar-refractivity contribution in [1.82, 2.24) is 9.88 Å². The molecule has 1 aliphatic heterocycles. The number of aliphatic carboxylic acids is 1. The number of carbonyl (C=O) groups is 2. The summed E-state index contributed by atoms with van der Waals surface area (Å²) >= 11 is 3.32. The molecule has 7 heteroatoms. The van der Waals surface area contributed by atoms with Crippen LogP contribution in [-0.2, 0) is 10.5 Å². The van der Waals surface area contributed by atoms with Gasteiger partial charge in [0.2, 0.25) is 0 Å². The zero-order chi connectivity index (χ0) is 17.8. The van der Waals surface area contributed by atoms with E-state index in [4.69, 9.17) is 0 Å². The van der Waals surface area contributed by atoms with Crippen LogP contribution >= 0.6 is 23.1 Å². The summed E-state index contributed by atoms with van der Waals surface area (Å²) in [5.74, 6) is -0.317. The van der Waals surface area contributed by atoms with Gasteiger partial charge in [-0.1, -0.05) is 0 Å². The van der Waals surface area contributed by atoms with Crippen LogP contribution in [0, 0.1) is 6.92 Å². The Morgan fingerprint density at radius 3 is 2.72 bits per heavy atom. The van der Waals surface area contributed by atoms with Crippen LogP contribution in [0.2, 0.25) is 0 Å². The van der Waals surface area contributed by atoms with Crippen molar-refractivity contribution in [2.75, 3.05) is 6.54 Å². The molecule has 1 saturated heterocycles. The summed E-state index contributed by atoms with van der Waals surface area (Å²) in [7, 11) is 0. The molecule has 1 amide bonds. The second-order valence-corrected chi connectivity index (χ2v) is 8.13. The molecule has 1 aliphatic rings. The van der Waals surface area contributed by atoms with Crippen LogP contribution in [0.1, 0.15) is 40.3 Å². The van der Waals surface area contributed by atoms with Gasteiger partial charge >= 0.3 is 5.97 Å². The zero-order valence-corrected chi connectivity index (χ0v) is 15.6. The van der Waals surface area contributed by atoms with Crippen molar-refractivity contribution in [3.05, 3.63) is 45.9 Å². The number of rotatable bonds is 5. The number of hydrogen-bond acceptors (Lipinski definition) is 5. The third kappa shape index (κ3) is 4.41. The fourth-order valence-corrected chi connectivity index (χ4v) is 4.43. The molecule has 1 aromatic heterocycles. The Hall–Kier alpha value is -1.86. The van der Waals surface area contributed by atoms with Gasteiger partial charge in [-0.2, -0.15) is 0 Å². The maximum Gasteiger partial charge on any atom is 0.326 e. The van der Waals surface area contributed by atoms with Gasteiger partial charge < -0.3 is 10.0 Å². The van der Waals surface area contributed by atoms with Gasteiger partial charge in [0, 0.05) is 28.1 Å². The van der Waals surface area contributed by atoms with Crippen molar-refractivity contribution in [2.45, 2.75) is 42.9 Å². The Balaban J connectivity index is 1.64. The molecule has 3 rings (SSSR count). The molecule has 0 aliphatic carbocycles. The molecule has 1 fully saturated rings. The highest BCUT2D eigenvalue weighted by Gasteiger charge is 2.32. The Bertz CT molecular complexity index is 758. The summed E-state index contributed by atoms with van der Waals surface area (Å²) in [5, 5.41) is 12.4. The van der Waals surface area contributed by atoms with Crippen LogP contribution < -0.4 is 0 Å². The molecular formula is C18H20N2O3S2. The van der Waals surface area contributed by atoms with Crippen molar-refractivity contribution in [3.63, 3.8) is 0 Å². The lowest BCUT2D eigenvalue weighted by Crippen LogP contribution is -2.47. The average molecular weight is 377 g/mol. The average Bonchev–Trinajstić information content (AvgIpc) is 3.05. The number of aromatic nitrogens is 1. The number of amides is 1. The fraction of sp³-hybridized carbons (Fsp3) is 0.389. The minimum absolute atomic E-state index is 0.196. The summed E-state index contributed by atoms with van der Waals surface area (Å²) < 4.78 is 0. The van der Waals surface area contributed by atoms with E-state index in [1.165, 1.54) is 4.90 Å². The Morgan fingerprint density at radius 1 is 1.32 bits per heavy atom. The lowest BCUT2D eigenvalue weighted by Gasteiger charge is -2.33. The van der Waals surface area contributed by atoms with Gasteiger partial charge in [-0.15, -0.1) is 23.1 Å². The first-order valence-corrected chi connectivity index (χ1v) is 10.1. The van der Waals surface area contributed by atoms with Crippen LogP contribution in [0.3, 0.4) is 0 Å². The molecule has 132 valence electrons. The molecule has 0 unspecified atom stereocenters. The quantitative estimate of drug-likeness (QED) is 0.803. The van der Waals surface area contributed by atoms with Crippen molar-refractivity contribution in [3.8, 4) is 0 Å². The van der Waals surface area contributed by atoms with E-state index in [1.54, 1.807) is 35.2 Å². The molecule has 1 atom stereocenters. The van der Waals surface area contributed by atoms with Gasteiger partial charge in [0.25, 0.3) is 5.91 Å². The maximum absolute atomic E-state index is 12.7. The number of nitrogens with zero attached hydrogens (tertiary/aromatic N) is 2. The second-order valence-electron chi connectivity index (χ2n) is 6.02. The minimum Gasteiger partial charge on any atom is -0.480 e. The molecule has 0 spiro atoms. The van der Waals surface area contributed by atoms with Crippen LogP contribution in [0.15, 0.2) is 34.5 Å². The van der Waals surface area contributed by atoms with E-state index in [0.29, 0.717) is 18.5 Å². The van der Waals surface area contributed by atoms with Gasteiger partial charge in [-0.3, -0.25) is 4.79 Å². The summed E-state index contributed by atoms with van der Waals surface area (Å²) in [5.41, 5.74) is 1.60. The lowest BCUT2D eigenvalue weighted by atomic mass is 10.0. The second kappa shape index (κ2) is 8.01. The molecular weight excluding hydrogens is 356 g/mol. The fourth-order valence-electron chi connectivity index (χ4n) is 2.92. The van der Waals surface area contributed by atoms with Crippen LogP contribution in [0.4, 0.5) is 0 Å². The van der Waals surface area contributed by atoms with E-state index in [9.17, 15) is 14.7 Å². The van der Waals surface area contributed by atoms with Crippen LogP contribution in [-0.4, -0.2) is 39.5 Å². The number of thiazole rings is 1. The first-order chi connectivity index (χ1) is 12.0. The molecule has 0 saturated carbocycles. The molecule has 0 radical (unpaired) electrons. The molecule has 1 aromatic carbocycles. The molecule has 0 bridgehead atoms. The van der Waals surface area contributed by atoms with Crippen molar-refractivity contribution >= 4 is 35.0 Å². The zero-order valence-electron chi connectivity index (χ0n) is 14.0. The van der Waals surface area contributed by atoms with Gasteiger partial charge in [0.1, 0.15) is 6.04 Å². The van der Waals surface area contributed by atoms with E-state index >= 15 is 0 Å². The molecule has 2 aromatic rings. The highest BCUT2D eigenvalue weighted by atomic mass is 32.2. The number of aryl methyl sites for hydroxylation is 1. The van der Waals surface area contributed by atoms with E-state index in [1.807, 2.05) is 19.1 Å². The highest BCUT2D eigenvalue weighted by Crippen LogP contribution is 2.25. The summed E-state index contributed by atoms with van der Waals surface area (Å²) in [6.45, 7) is 2.50. The number of hydrogen-bond donors (Lipinski definition) is 1. The normalized spacial score (nSPS) is 17.5. The number of piperidine rings is 1. The monoisotopic (exact) mass is 376 g/mol. The largest absolute Gasteiger partial charge is 0.480 e. The van der Waals surface area contributed by atoms with E-state index in [-0.39, 0.29) is 5.91 Å². The predicted molar refractivity (Wildman–Crippen MR) is 99.2 cm³/mol. The van der Waals surface area contributed by atoms with E-state index < -0.39 is 12.0 Å². The van der Waals surface area contributed by atoms with Gasteiger partial charge in [0.15, 0.2) is 0 Å². The van der Waals surface area contributed by atoms with Crippen LogP contribution in [0.5, 0.6) is 0 Å². The third-order valence-corrected chi connectivity index (χ3v) is 6.07. The third-order valence-electron chi connectivity index (χ3n) is 4.20. The number of likely N-dealkylation sites (tertiary alicyclic amines) is 1. The maximum atomic E-state index is 12.7. The van der Waals surface area contributed by atoms with Gasteiger partial charge in [-0.25, -0.2) is 9.78 Å². The van der Waals surface area contributed by atoms with E-state index in [2.05, 4.69) is 10.4 Å². The number of benzene rings is 1. The molecule has 5 nitrogen and oxygen atoms in total. The Morgan fingerprint density at radius 2 is 2.08 bits per heavy atom. The first-order valence-electron chi connectivity index (χ1n) is 8.22. The SMILES string of the molecule is Cc1nc(CSc2ccc(C(=O)N3CCCC[C@@H]3C(=O)O)cc2)cs1. The summed E-state index contributed by atoms with van der Waals surface area (Å²) in [4.78, 5) is 31.0. The van der Waals surface area contributed by atoms with Crippen molar-refractivity contribution in [2.24, 2.45) is 0 Å². The lowest BCUT2D eigenvalue weighted by molar-refractivity contribution is -0.143. The number of carbonyl (C=O) groups excluding carboxylic acids is 1. The minimum atomic E-state index is -0.918.